The average Bonchev–Trinajstić information content (AvgIpc) is 2.75. The Morgan fingerprint density at radius 2 is 1.89 bits per heavy atom. The van der Waals surface area contributed by atoms with E-state index in [0.717, 1.165) is 37.9 Å². The lowest BCUT2D eigenvalue weighted by atomic mass is 9.92. The third-order valence-corrected chi connectivity index (χ3v) is 3.33. The standard InChI is InChI=1S/C16H31N3/c1-6-19-12-16(11-18-19)8-15(7-13(2)3)10-17-9-14(4)5/h11-15,17H,6-10H2,1-5H3. The van der Waals surface area contributed by atoms with Crippen LogP contribution in [0, 0.1) is 17.8 Å². The molecule has 3 heteroatoms. The molecule has 0 aliphatic heterocycles. The van der Waals surface area contributed by atoms with E-state index in [0.29, 0.717) is 5.92 Å². The van der Waals surface area contributed by atoms with E-state index in [9.17, 15) is 0 Å². The van der Waals surface area contributed by atoms with Crippen LogP contribution >= 0.6 is 0 Å². The van der Waals surface area contributed by atoms with E-state index >= 15 is 0 Å². The lowest BCUT2D eigenvalue weighted by Gasteiger charge is -2.19. The molecule has 1 N–H and O–H groups in total. The van der Waals surface area contributed by atoms with Gasteiger partial charge in [-0.15, -0.1) is 0 Å². The molecule has 0 saturated heterocycles. The molecule has 0 aromatic carbocycles. The minimum Gasteiger partial charge on any atom is -0.316 e. The summed E-state index contributed by atoms with van der Waals surface area (Å²) in [4.78, 5) is 0. The normalized spacial score (nSPS) is 13.4. The highest BCUT2D eigenvalue weighted by Gasteiger charge is 2.13. The lowest BCUT2D eigenvalue weighted by Crippen LogP contribution is -2.28. The molecule has 1 atom stereocenters. The third kappa shape index (κ3) is 6.76. The quantitative estimate of drug-likeness (QED) is 0.742. The molecule has 0 bridgehead atoms. The summed E-state index contributed by atoms with van der Waals surface area (Å²) in [6.45, 7) is 14.5. The van der Waals surface area contributed by atoms with Crippen molar-refractivity contribution < 1.29 is 0 Å². The van der Waals surface area contributed by atoms with Crippen LogP contribution in [0.4, 0.5) is 0 Å². The van der Waals surface area contributed by atoms with Gasteiger partial charge in [0.1, 0.15) is 0 Å². The van der Waals surface area contributed by atoms with Gasteiger partial charge in [0.25, 0.3) is 0 Å². The Kier molecular flexibility index (Phi) is 7.14. The van der Waals surface area contributed by atoms with Crippen molar-refractivity contribution in [3.63, 3.8) is 0 Å². The van der Waals surface area contributed by atoms with E-state index in [1.165, 1.54) is 12.0 Å². The summed E-state index contributed by atoms with van der Waals surface area (Å²) in [6, 6.07) is 0. The Bertz CT molecular complexity index is 342. The lowest BCUT2D eigenvalue weighted by molar-refractivity contribution is 0.376. The van der Waals surface area contributed by atoms with E-state index in [1.807, 2.05) is 10.9 Å². The van der Waals surface area contributed by atoms with Gasteiger partial charge in [0.15, 0.2) is 0 Å². The molecule has 0 aliphatic carbocycles. The Balaban J connectivity index is 2.48. The van der Waals surface area contributed by atoms with E-state index in [1.54, 1.807) is 0 Å². The highest BCUT2D eigenvalue weighted by atomic mass is 15.3. The predicted molar refractivity (Wildman–Crippen MR) is 82.3 cm³/mol. The number of aromatic nitrogens is 2. The summed E-state index contributed by atoms with van der Waals surface area (Å²) in [7, 11) is 0. The molecule has 0 fully saturated rings. The van der Waals surface area contributed by atoms with Gasteiger partial charge in [0.2, 0.25) is 0 Å². The molecule has 1 rings (SSSR count). The van der Waals surface area contributed by atoms with Gasteiger partial charge in [-0.25, -0.2) is 0 Å². The fraction of sp³-hybridized carbons (Fsp3) is 0.812. The molecule has 110 valence electrons. The SMILES string of the molecule is CCn1cc(CC(CNCC(C)C)CC(C)C)cn1. The van der Waals surface area contributed by atoms with Crippen LogP contribution in [-0.4, -0.2) is 22.9 Å². The Hall–Kier alpha value is -0.830. The largest absolute Gasteiger partial charge is 0.316 e. The number of hydrogen-bond donors (Lipinski definition) is 1. The smallest absolute Gasteiger partial charge is 0.0521 e. The second-order valence-corrected chi connectivity index (χ2v) is 6.46. The molecule has 0 amide bonds. The van der Waals surface area contributed by atoms with Gasteiger partial charge in [-0.05, 0) is 56.2 Å². The zero-order valence-electron chi connectivity index (χ0n) is 13.3. The molecule has 0 radical (unpaired) electrons. The van der Waals surface area contributed by atoms with Gasteiger partial charge in [-0.3, -0.25) is 4.68 Å². The van der Waals surface area contributed by atoms with Crippen molar-refractivity contribution in [2.24, 2.45) is 17.8 Å². The van der Waals surface area contributed by atoms with Crippen molar-refractivity contribution in [3.05, 3.63) is 18.0 Å². The highest BCUT2D eigenvalue weighted by molar-refractivity contribution is 5.05. The van der Waals surface area contributed by atoms with Crippen LogP contribution in [0.15, 0.2) is 12.4 Å². The summed E-state index contributed by atoms with van der Waals surface area (Å²) >= 11 is 0. The maximum atomic E-state index is 4.37. The van der Waals surface area contributed by atoms with Crippen LogP contribution in [0.5, 0.6) is 0 Å². The van der Waals surface area contributed by atoms with E-state index in [4.69, 9.17) is 0 Å². The number of rotatable bonds is 9. The van der Waals surface area contributed by atoms with E-state index < -0.39 is 0 Å². The molecule has 0 aliphatic rings. The van der Waals surface area contributed by atoms with E-state index in [2.05, 4.69) is 51.2 Å². The first kappa shape index (κ1) is 16.2. The van der Waals surface area contributed by atoms with Crippen LogP contribution in [-0.2, 0) is 13.0 Å². The number of hydrogen-bond acceptors (Lipinski definition) is 2. The van der Waals surface area contributed by atoms with Gasteiger partial charge < -0.3 is 5.32 Å². The molecule has 3 nitrogen and oxygen atoms in total. The molecular formula is C16H31N3. The molecule has 1 unspecified atom stereocenters. The zero-order valence-corrected chi connectivity index (χ0v) is 13.3. The maximum Gasteiger partial charge on any atom is 0.0521 e. The molecule has 0 saturated carbocycles. The van der Waals surface area contributed by atoms with Crippen molar-refractivity contribution in [1.82, 2.24) is 15.1 Å². The van der Waals surface area contributed by atoms with Crippen molar-refractivity contribution in [1.29, 1.82) is 0 Å². The van der Waals surface area contributed by atoms with Crippen molar-refractivity contribution in [2.45, 2.75) is 54.0 Å². The van der Waals surface area contributed by atoms with Crippen LogP contribution in [0.1, 0.15) is 46.6 Å². The zero-order chi connectivity index (χ0) is 14.3. The number of nitrogens with zero attached hydrogens (tertiary/aromatic N) is 2. The first-order chi connectivity index (χ1) is 9.01. The first-order valence-corrected chi connectivity index (χ1v) is 7.73. The third-order valence-electron chi connectivity index (χ3n) is 3.33. The Morgan fingerprint density at radius 3 is 2.42 bits per heavy atom. The molecular weight excluding hydrogens is 234 g/mol. The molecule has 1 heterocycles. The number of aryl methyl sites for hydroxylation is 1. The second kappa shape index (κ2) is 8.36. The predicted octanol–water partition coefficient (Wildman–Crippen LogP) is 3.35. The minimum atomic E-state index is 0.716. The fourth-order valence-corrected chi connectivity index (χ4v) is 2.50. The summed E-state index contributed by atoms with van der Waals surface area (Å²) in [5.41, 5.74) is 1.37. The van der Waals surface area contributed by atoms with Gasteiger partial charge >= 0.3 is 0 Å². The van der Waals surface area contributed by atoms with Crippen LogP contribution < -0.4 is 5.32 Å². The maximum absolute atomic E-state index is 4.37. The Labute approximate surface area is 118 Å². The van der Waals surface area contributed by atoms with Gasteiger partial charge in [0, 0.05) is 12.7 Å². The van der Waals surface area contributed by atoms with Gasteiger partial charge in [-0.1, -0.05) is 27.7 Å². The summed E-state index contributed by atoms with van der Waals surface area (Å²) in [5, 5.41) is 7.98. The molecule has 19 heavy (non-hydrogen) atoms. The molecule has 1 aromatic rings. The number of nitrogens with one attached hydrogen (secondary N) is 1. The van der Waals surface area contributed by atoms with Gasteiger partial charge in [-0.2, -0.15) is 5.10 Å². The molecule has 1 aromatic heterocycles. The van der Waals surface area contributed by atoms with Crippen molar-refractivity contribution in [3.8, 4) is 0 Å². The summed E-state index contributed by atoms with van der Waals surface area (Å²) < 4.78 is 2.02. The molecule has 0 spiro atoms. The van der Waals surface area contributed by atoms with Gasteiger partial charge in [0.05, 0.1) is 6.20 Å². The monoisotopic (exact) mass is 265 g/mol. The van der Waals surface area contributed by atoms with Crippen LogP contribution in [0.2, 0.25) is 0 Å². The van der Waals surface area contributed by atoms with Crippen molar-refractivity contribution in [2.75, 3.05) is 13.1 Å². The van der Waals surface area contributed by atoms with Crippen molar-refractivity contribution >= 4 is 0 Å². The second-order valence-electron chi connectivity index (χ2n) is 6.46. The minimum absolute atomic E-state index is 0.716. The average molecular weight is 265 g/mol. The fourth-order valence-electron chi connectivity index (χ4n) is 2.50. The topological polar surface area (TPSA) is 29.9 Å². The summed E-state index contributed by atoms with van der Waals surface area (Å²) in [6.07, 6.45) is 6.64. The van der Waals surface area contributed by atoms with Crippen LogP contribution in [0.25, 0.3) is 0 Å². The van der Waals surface area contributed by atoms with E-state index in [-0.39, 0.29) is 0 Å². The summed E-state index contributed by atoms with van der Waals surface area (Å²) in [5.74, 6) is 2.20. The Morgan fingerprint density at radius 1 is 1.16 bits per heavy atom. The highest BCUT2D eigenvalue weighted by Crippen LogP contribution is 2.16. The first-order valence-electron chi connectivity index (χ1n) is 7.73. The van der Waals surface area contributed by atoms with Crippen LogP contribution in [0.3, 0.4) is 0 Å².